The number of imidazole rings is 1. The summed E-state index contributed by atoms with van der Waals surface area (Å²) in [5, 5.41) is 21.9. The van der Waals surface area contributed by atoms with E-state index in [0.717, 1.165) is 49.4 Å². The van der Waals surface area contributed by atoms with Crippen LogP contribution in [-0.4, -0.2) is 102 Å². The van der Waals surface area contributed by atoms with E-state index in [1.54, 1.807) is 30.2 Å². The van der Waals surface area contributed by atoms with Gasteiger partial charge in [-0.05, 0) is 56.2 Å². The molecule has 2 aromatic carbocycles. The van der Waals surface area contributed by atoms with Crippen LogP contribution in [0.15, 0.2) is 60.5 Å². The second-order valence-corrected chi connectivity index (χ2v) is 17.3. The fourth-order valence-corrected chi connectivity index (χ4v) is 10.1. The number of hydrogen-bond acceptors (Lipinski definition) is 9. The highest BCUT2D eigenvalue weighted by atomic mass is 32.1. The van der Waals surface area contributed by atoms with Gasteiger partial charge in [0, 0.05) is 92.0 Å². The van der Waals surface area contributed by atoms with Gasteiger partial charge in [-0.25, -0.2) is 14.4 Å². The largest absolute Gasteiger partial charge is 0.389 e. The molecule has 6 heterocycles. The number of aryl methyl sites for hydroxylation is 1. The van der Waals surface area contributed by atoms with Crippen LogP contribution >= 0.6 is 11.3 Å². The Morgan fingerprint density at radius 2 is 1.67 bits per heavy atom. The summed E-state index contributed by atoms with van der Waals surface area (Å²) in [7, 11) is 0. The van der Waals surface area contributed by atoms with E-state index in [9.17, 15) is 14.7 Å². The molecule has 0 bridgehead atoms. The highest BCUT2D eigenvalue weighted by molar-refractivity contribution is 7.13. The van der Waals surface area contributed by atoms with Crippen LogP contribution in [0.2, 0.25) is 0 Å². The van der Waals surface area contributed by atoms with E-state index in [-0.39, 0.29) is 23.8 Å². The van der Waals surface area contributed by atoms with Crippen molar-refractivity contribution in [2.24, 2.45) is 0 Å². The third-order valence-corrected chi connectivity index (χ3v) is 13.5. The predicted octanol–water partition coefficient (Wildman–Crippen LogP) is 6.65. The molecular formula is C43H52FN9O3S. The van der Waals surface area contributed by atoms with Gasteiger partial charge in [0.15, 0.2) is 17.0 Å². The van der Waals surface area contributed by atoms with Crippen molar-refractivity contribution < 1.29 is 19.1 Å². The highest BCUT2D eigenvalue weighted by Crippen LogP contribution is 2.34. The Balaban J connectivity index is 0.835. The van der Waals surface area contributed by atoms with Crippen LogP contribution in [0.1, 0.15) is 88.1 Å². The molecular weight excluding hydrogens is 742 g/mol. The number of piperidine rings is 1. The minimum Gasteiger partial charge on any atom is -0.389 e. The van der Waals surface area contributed by atoms with Crippen molar-refractivity contribution in [3.05, 3.63) is 77.7 Å². The maximum Gasteiger partial charge on any atom is 0.257 e. The zero-order chi connectivity index (χ0) is 38.9. The third-order valence-electron chi connectivity index (χ3n) is 12.8. The topological polar surface area (TPSA) is 125 Å². The molecule has 1 atom stereocenters. The van der Waals surface area contributed by atoms with Crippen molar-refractivity contribution in [1.82, 2.24) is 34.1 Å². The average molecular weight is 794 g/mol. The summed E-state index contributed by atoms with van der Waals surface area (Å²) in [5.41, 5.74) is 3.03. The molecule has 3 fully saturated rings. The number of carbonyl (C=O) groups excluding carboxylic acids is 2. The molecule has 3 aromatic heterocycles. The average Bonchev–Trinajstić information content (AvgIpc) is 4.03. The fourth-order valence-electron chi connectivity index (χ4n) is 9.53. The third kappa shape index (κ3) is 7.96. The molecule has 0 radical (unpaired) electrons. The number of nitrogens with one attached hydrogen (secondary N) is 1. The van der Waals surface area contributed by atoms with Crippen molar-refractivity contribution in [1.29, 1.82) is 0 Å². The number of nitrogens with zero attached hydrogens (tertiary/aromatic N) is 8. The van der Waals surface area contributed by atoms with Crippen molar-refractivity contribution in [3.63, 3.8) is 0 Å². The number of rotatable bonds is 9. The molecule has 5 aromatic rings. The molecule has 14 heteroatoms. The maximum atomic E-state index is 16.3. The number of thiazole rings is 1. The van der Waals surface area contributed by atoms with Crippen molar-refractivity contribution in [3.8, 4) is 11.1 Å². The Morgan fingerprint density at radius 1 is 0.912 bits per heavy atom. The quantitative estimate of drug-likeness (QED) is 0.170. The van der Waals surface area contributed by atoms with Crippen molar-refractivity contribution in [2.75, 3.05) is 49.5 Å². The lowest BCUT2D eigenvalue weighted by molar-refractivity contribution is -0.139. The van der Waals surface area contributed by atoms with E-state index in [1.807, 2.05) is 35.2 Å². The normalized spacial score (nSPS) is 20.0. The maximum absolute atomic E-state index is 16.3. The molecule has 12 nitrogen and oxygen atoms in total. The van der Waals surface area contributed by atoms with Crippen LogP contribution in [0.3, 0.4) is 0 Å². The lowest BCUT2D eigenvalue weighted by atomic mass is 9.85. The zero-order valence-electron chi connectivity index (χ0n) is 32.5. The van der Waals surface area contributed by atoms with Crippen LogP contribution in [0.4, 0.5) is 15.2 Å². The molecule has 4 aliphatic rings. The number of carbonyl (C=O) groups is 2. The fraction of sp³-hybridized carbons (Fsp3) is 0.512. The Hall–Kier alpha value is -4.66. The molecule has 9 rings (SSSR count). The van der Waals surface area contributed by atoms with Crippen molar-refractivity contribution >= 4 is 44.9 Å². The van der Waals surface area contributed by atoms with Gasteiger partial charge >= 0.3 is 0 Å². The monoisotopic (exact) mass is 793 g/mol. The standard InChI is InChI=1S/C43H52FN9O3S/c44-37-34(15-12-31-28-53(48-38(31)37)40(41(55)47-42-45-18-26-57-42)39-35-9-6-19-52(35)29-46-39)30-10-13-33(14-11-30)50-22-24-51(25-23-50)36(54)27-43(56)16-20-49(21-17-43)32-7-4-2-1-3-5-8-32/h10-15,18,26,28-29,32,40,56H,1-9,16-17,19-25,27H2,(H,45,47,55). The van der Waals surface area contributed by atoms with Crippen LogP contribution < -0.4 is 10.2 Å². The Labute approximate surface area is 336 Å². The van der Waals surface area contributed by atoms with E-state index in [2.05, 4.69) is 34.8 Å². The summed E-state index contributed by atoms with van der Waals surface area (Å²) in [5.74, 6) is -0.742. The van der Waals surface area contributed by atoms with E-state index in [1.165, 1.54) is 61.0 Å². The van der Waals surface area contributed by atoms with Gasteiger partial charge in [0.2, 0.25) is 5.91 Å². The number of likely N-dealkylation sites (tertiary alicyclic amines) is 1. The van der Waals surface area contributed by atoms with Crippen molar-refractivity contribution in [2.45, 2.75) is 101 Å². The van der Waals surface area contributed by atoms with Gasteiger partial charge < -0.3 is 24.4 Å². The Bertz CT molecular complexity index is 2180. The number of aliphatic hydroxyl groups is 1. The minimum absolute atomic E-state index is 0.0421. The first kappa shape index (κ1) is 37.9. The van der Waals surface area contributed by atoms with E-state index >= 15 is 4.39 Å². The van der Waals surface area contributed by atoms with Gasteiger partial charge in [-0.1, -0.05) is 56.4 Å². The van der Waals surface area contributed by atoms with Crippen LogP contribution in [0, 0.1) is 5.82 Å². The number of fused-ring (bicyclic) bond motifs is 2. The number of aromatic nitrogens is 5. The van der Waals surface area contributed by atoms with Gasteiger partial charge in [-0.3, -0.25) is 19.6 Å². The van der Waals surface area contributed by atoms with Crippen LogP contribution in [0.5, 0.6) is 0 Å². The molecule has 57 heavy (non-hydrogen) atoms. The summed E-state index contributed by atoms with van der Waals surface area (Å²) in [6.07, 6.45) is 17.6. The zero-order valence-corrected chi connectivity index (χ0v) is 33.3. The second-order valence-electron chi connectivity index (χ2n) is 16.4. The minimum atomic E-state index is -0.920. The SMILES string of the molecule is O=C(Nc1nccs1)C(c1ncn2c1CCC2)n1cc2ccc(-c3ccc(N4CCN(C(=O)CC5(O)CCN(C6CCCCCCC6)CC5)CC4)cc3)c(F)c2n1. The summed E-state index contributed by atoms with van der Waals surface area (Å²) >= 11 is 1.33. The first-order chi connectivity index (χ1) is 27.8. The summed E-state index contributed by atoms with van der Waals surface area (Å²) in [6.45, 7) is 5.18. The number of piperazine rings is 1. The summed E-state index contributed by atoms with van der Waals surface area (Å²) in [6, 6.07) is 11.2. The first-order valence-electron chi connectivity index (χ1n) is 20.8. The van der Waals surface area contributed by atoms with E-state index < -0.39 is 17.5 Å². The van der Waals surface area contributed by atoms with Gasteiger partial charge in [-0.2, -0.15) is 5.10 Å². The lowest BCUT2D eigenvalue weighted by Crippen LogP contribution is -2.53. The molecule has 0 spiro atoms. The number of benzene rings is 2. The highest BCUT2D eigenvalue weighted by Gasteiger charge is 2.38. The van der Waals surface area contributed by atoms with Gasteiger partial charge in [0.1, 0.15) is 5.52 Å². The van der Waals surface area contributed by atoms with E-state index in [4.69, 9.17) is 0 Å². The van der Waals surface area contributed by atoms with Gasteiger partial charge in [0.05, 0.1) is 24.0 Å². The predicted molar refractivity (Wildman–Crippen MR) is 220 cm³/mol. The molecule has 2 saturated heterocycles. The second kappa shape index (κ2) is 16.3. The van der Waals surface area contributed by atoms with Gasteiger partial charge in [-0.15, -0.1) is 11.3 Å². The smallest absolute Gasteiger partial charge is 0.257 e. The number of amides is 2. The molecule has 3 aliphatic heterocycles. The lowest BCUT2D eigenvalue weighted by Gasteiger charge is -2.43. The van der Waals surface area contributed by atoms with E-state index in [0.29, 0.717) is 66.8 Å². The van der Waals surface area contributed by atoms with Crippen LogP contribution in [-0.2, 0) is 22.6 Å². The summed E-state index contributed by atoms with van der Waals surface area (Å²) < 4.78 is 19.9. The van der Waals surface area contributed by atoms with Gasteiger partial charge in [0.25, 0.3) is 5.91 Å². The Morgan fingerprint density at radius 3 is 2.40 bits per heavy atom. The molecule has 300 valence electrons. The molecule has 2 N–H and O–H groups in total. The number of anilines is 2. The van der Waals surface area contributed by atoms with Crippen LogP contribution in [0.25, 0.3) is 22.0 Å². The first-order valence-corrected chi connectivity index (χ1v) is 21.7. The molecule has 1 unspecified atom stereocenters. The Kier molecular flexibility index (Phi) is 10.8. The summed E-state index contributed by atoms with van der Waals surface area (Å²) in [4.78, 5) is 42.7. The molecule has 1 saturated carbocycles. The number of halogens is 1. The molecule has 1 aliphatic carbocycles. The molecule has 2 amide bonds. The number of hydrogen-bond donors (Lipinski definition) is 2.